The number of aliphatic imine (C=N–C) groups is 1. The van der Waals surface area contributed by atoms with Crippen LogP contribution in [0.2, 0.25) is 0 Å². The Bertz CT molecular complexity index is 1070. The van der Waals surface area contributed by atoms with Gasteiger partial charge in [0.1, 0.15) is 0 Å². The summed E-state index contributed by atoms with van der Waals surface area (Å²) in [5.41, 5.74) is 3.86. The van der Waals surface area contributed by atoms with Gasteiger partial charge in [0.15, 0.2) is 5.78 Å². The van der Waals surface area contributed by atoms with Crippen LogP contribution in [-0.4, -0.2) is 21.7 Å². The number of aliphatic hydroxyl groups is 1. The van der Waals surface area contributed by atoms with E-state index >= 15 is 0 Å². The summed E-state index contributed by atoms with van der Waals surface area (Å²) >= 11 is 0. The zero-order valence-electron chi connectivity index (χ0n) is 15.8. The number of aryl methyl sites for hydroxylation is 1. The molecule has 0 saturated carbocycles. The Morgan fingerprint density at radius 1 is 1.07 bits per heavy atom. The van der Waals surface area contributed by atoms with Crippen molar-refractivity contribution in [2.45, 2.75) is 20.8 Å². The van der Waals surface area contributed by atoms with E-state index in [-0.39, 0.29) is 31.6 Å². The fraction of sp³-hybridized carbons (Fsp3) is 0.136. The molecule has 0 fully saturated rings. The first-order chi connectivity index (χ1) is 13.0. The molecule has 28 heavy (non-hydrogen) atoms. The molecule has 1 aromatic heterocycles. The Morgan fingerprint density at radius 2 is 1.79 bits per heavy atom. The first-order valence-electron chi connectivity index (χ1n) is 8.57. The largest absolute Gasteiger partial charge is 0.512 e. The second-order valence-electron chi connectivity index (χ2n) is 6.26. The smallest absolute Gasteiger partial charge is 0.155 e. The molecule has 1 radical (unpaired) electrons. The zero-order chi connectivity index (χ0) is 19.4. The molecule has 1 aliphatic rings. The Labute approximate surface area is 177 Å². The molecule has 4 rings (SSSR count). The van der Waals surface area contributed by atoms with Gasteiger partial charge >= 0.3 is 0 Å². The van der Waals surface area contributed by atoms with E-state index in [4.69, 9.17) is 5.11 Å². The number of amidine groups is 1. The van der Waals surface area contributed by atoms with Gasteiger partial charge in [-0.2, -0.15) is 0 Å². The molecule has 6 heteroatoms. The fourth-order valence-electron chi connectivity index (χ4n) is 2.86. The first kappa shape index (κ1) is 21.5. The van der Waals surface area contributed by atoms with Crippen molar-refractivity contribution in [2.75, 3.05) is 0 Å². The monoisotopic (exact) mass is 551 g/mol. The van der Waals surface area contributed by atoms with Gasteiger partial charge in [-0.05, 0) is 60.4 Å². The molecule has 1 N–H and O–H groups in total. The number of benzene rings is 2. The SMILES string of the molecule is CC(=O)/C=C(/C)O.Cc1cccnc1C1=Nc2cccc3cccc(c23)[N-]1.[Ir]. The van der Waals surface area contributed by atoms with Crippen molar-refractivity contribution in [1.82, 2.24) is 4.98 Å². The van der Waals surface area contributed by atoms with Crippen LogP contribution in [0.3, 0.4) is 0 Å². The molecule has 0 bridgehead atoms. The van der Waals surface area contributed by atoms with E-state index in [0.29, 0.717) is 5.84 Å². The molecule has 0 saturated heterocycles. The molecule has 0 atom stereocenters. The van der Waals surface area contributed by atoms with Gasteiger partial charge in [0, 0.05) is 32.4 Å². The molecule has 2 heterocycles. The molecule has 0 unspecified atom stereocenters. The maximum atomic E-state index is 10.0. The summed E-state index contributed by atoms with van der Waals surface area (Å²) in [6.45, 7) is 4.88. The average Bonchev–Trinajstić information content (AvgIpc) is 2.62. The molecule has 2 aromatic carbocycles. The first-order valence-corrected chi connectivity index (χ1v) is 8.57. The van der Waals surface area contributed by atoms with Crippen LogP contribution in [0.15, 0.2) is 71.6 Å². The number of aromatic nitrogens is 1. The maximum Gasteiger partial charge on any atom is 0.155 e. The van der Waals surface area contributed by atoms with Crippen LogP contribution >= 0.6 is 0 Å². The minimum Gasteiger partial charge on any atom is -0.512 e. The summed E-state index contributed by atoms with van der Waals surface area (Å²) in [6.07, 6.45) is 2.95. The predicted molar refractivity (Wildman–Crippen MR) is 109 cm³/mol. The summed E-state index contributed by atoms with van der Waals surface area (Å²) in [5.74, 6) is 0.627. The van der Waals surface area contributed by atoms with Crippen LogP contribution < -0.4 is 0 Å². The van der Waals surface area contributed by atoms with Crippen LogP contribution in [0.5, 0.6) is 0 Å². The molecular formula is C22H20IrN3O2-. The predicted octanol–water partition coefficient (Wildman–Crippen LogP) is 5.68. The van der Waals surface area contributed by atoms with E-state index in [0.717, 1.165) is 28.0 Å². The molecule has 3 aromatic rings. The molecule has 145 valence electrons. The Hall–Kier alpha value is -2.82. The van der Waals surface area contributed by atoms with E-state index in [1.54, 1.807) is 6.20 Å². The summed E-state index contributed by atoms with van der Waals surface area (Å²) < 4.78 is 0. The van der Waals surface area contributed by atoms with Crippen molar-refractivity contribution in [3.05, 3.63) is 83.1 Å². The topological polar surface area (TPSA) is 76.7 Å². The Balaban J connectivity index is 0.000000306. The van der Waals surface area contributed by atoms with Crippen molar-refractivity contribution < 1.29 is 30.0 Å². The van der Waals surface area contributed by atoms with E-state index in [1.165, 1.54) is 25.3 Å². The minimum absolute atomic E-state index is 0. The van der Waals surface area contributed by atoms with Gasteiger partial charge in [0.05, 0.1) is 11.5 Å². The minimum atomic E-state index is -0.125. The summed E-state index contributed by atoms with van der Waals surface area (Å²) in [4.78, 5) is 19.1. The molecule has 0 aliphatic carbocycles. The quantitative estimate of drug-likeness (QED) is 0.330. The van der Waals surface area contributed by atoms with Gasteiger partial charge in [-0.15, -0.1) is 0 Å². The third-order valence-electron chi connectivity index (χ3n) is 3.95. The van der Waals surface area contributed by atoms with E-state index in [1.807, 2.05) is 43.3 Å². The second-order valence-corrected chi connectivity index (χ2v) is 6.26. The van der Waals surface area contributed by atoms with Gasteiger partial charge < -0.3 is 15.4 Å². The van der Waals surface area contributed by atoms with E-state index in [2.05, 4.69) is 27.4 Å². The Kier molecular flexibility index (Phi) is 7.21. The number of nitrogens with zero attached hydrogens (tertiary/aromatic N) is 3. The number of carbonyl (C=O) groups excluding carboxylic acids is 1. The zero-order valence-corrected chi connectivity index (χ0v) is 18.2. The molecule has 5 nitrogen and oxygen atoms in total. The van der Waals surface area contributed by atoms with E-state index < -0.39 is 0 Å². The van der Waals surface area contributed by atoms with Crippen LogP contribution in [0, 0.1) is 6.92 Å². The number of ketones is 1. The molecule has 1 aliphatic heterocycles. The third-order valence-corrected chi connectivity index (χ3v) is 3.95. The van der Waals surface area contributed by atoms with Gasteiger partial charge in [-0.1, -0.05) is 42.5 Å². The average molecular weight is 551 g/mol. The van der Waals surface area contributed by atoms with Crippen LogP contribution in [0.25, 0.3) is 16.1 Å². The van der Waals surface area contributed by atoms with Crippen molar-refractivity contribution in [3.63, 3.8) is 0 Å². The fourth-order valence-corrected chi connectivity index (χ4v) is 2.86. The van der Waals surface area contributed by atoms with Gasteiger partial charge in [-0.3, -0.25) is 9.78 Å². The summed E-state index contributed by atoms with van der Waals surface area (Å²) in [6, 6.07) is 16.2. The van der Waals surface area contributed by atoms with Crippen molar-refractivity contribution in [2.24, 2.45) is 4.99 Å². The van der Waals surface area contributed by atoms with Crippen LogP contribution in [0.4, 0.5) is 11.4 Å². The Morgan fingerprint density at radius 3 is 2.39 bits per heavy atom. The van der Waals surface area contributed by atoms with E-state index in [9.17, 15) is 4.79 Å². The second kappa shape index (κ2) is 9.40. The molecular weight excluding hydrogens is 530 g/mol. The number of aliphatic hydroxyl groups excluding tert-OH is 1. The number of carbonyl (C=O) groups is 1. The number of pyridine rings is 1. The molecule has 0 spiro atoms. The number of allylic oxidation sites excluding steroid dienone is 2. The number of hydrogen-bond acceptors (Lipinski definition) is 4. The maximum absolute atomic E-state index is 10.0. The van der Waals surface area contributed by atoms with Crippen LogP contribution in [-0.2, 0) is 24.9 Å². The van der Waals surface area contributed by atoms with Gasteiger partial charge in [0.25, 0.3) is 0 Å². The van der Waals surface area contributed by atoms with Crippen molar-refractivity contribution in [3.8, 4) is 0 Å². The molecule has 0 amide bonds. The van der Waals surface area contributed by atoms with Crippen molar-refractivity contribution >= 4 is 33.8 Å². The third kappa shape index (κ3) is 4.91. The van der Waals surface area contributed by atoms with Crippen LogP contribution in [0.1, 0.15) is 25.1 Å². The number of rotatable bonds is 2. The van der Waals surface area contributed by atoms with Gasteiger partial charge in [0.2, 0.25) is 0 Å². The summed E-state index contributed by atoms with van der Waals surface area (Å²) in [7, 11) is 0. The number of hydrogen-bond donors (Lipinski definition) is 1. The van der Waals surface area contributed by atoms with Gasteiger partial charge in [-0.25, -0.2) is 0 Å². The standard InChI is InChI=1S/C17H12N3.C5H8O2.Ir/c1-11-5-4-10-18-16(11)17-19-13-8-2-6-12-7-3-9-14(20-17)15(12)13;1-4(6)3-5(2)7;/h2-10H,1H3;3,6H,1-2H3;/q-1;;/b;4-3-;. The normalized spacial score (nSPS) is 12.1. The van der Waals surface area contributed by atoms with Crippen molar-refractivity contribution in [1.29, 1.82) is 0 Å². The summed E-state index contributed by atoms with van der Waals surface area (Å²) in [5, 5.41) is 15.3.